The second-order valence-electron chi connectivity index (χ2n) is 6.12. The fourth-order valence-electron chi connectivity index (χ4n) is 2.69. The van der Waals surface area contributed by atoms with E-state index in [1.165, 1.54) is 31.4 Å². The molecule has 0 bridgehead atoms. The number of carboxylic acid groups (broad SMARTS) is 1. The Morgan fingerprint density at radius 2 is 1.90 bits per heavy atom. The van der Waals surface area contributed by atoms with Crippen LogP contribution in [-0.4, -0.2) is 35.1 Å². The molecular weight excluding hydrogens is 432 g/mol. The van der Waals surface area contributed by atoms with Crippen LogP contribution in [0.3, 0.4) is 0 Å². The van der Waals surface area contributed by atoms with Gasteiger partial charge in [0.1, 0.15) is 12.2 Å². The lowest BCUT2D eigenvalue weighted by atomic mass is 10.1. The second-order valence-corrected chi connectivity index (χ2v) is 6.94. The number of amides is 2. The van der Waals surface area contributed by atoms with Crippen molar-refractivity contribution in [3.63, 3.8) is 0 Å². The van der Waals surface area contributed by atoms with E-state index in [-0.39, 0.29) is 39.4 Å². The maximum Gasteiger partial charge on any atom is 0.335 e. The molecule has 3 rings (SSSR count). The summed E-state index contributed by atoms with van der Waals surface area (Å²) >= 11 is 11.1. The fourth-order valence-corrected chi connectivity index (χ4v) is 3.14. The zero-order chi connectivity index (χ0) is 21.8. The normalized spacial score (nSPS) is 13.4. The fraction of sp³-hybridized carbons (Fsp3) is 0.100. The number of hydrogen-bond donors (Lipinski definition) is 3. The van der Waals surface area contributed by atoms with E-state index < -0.39 is 17.8 Å². The third-order valence-corrected chi connectivity index (χ3v) is 4.55. The number of carbonyl (C=O) groups excluding carboxylic acids is 2. The molecule has 1 fully saturated rings. The lowest BCUT2D eigenvalue weighted by Crippen LogP contribution is -2.51. The zero-order valence-electron chi connectivity index (χ0n) is 15.5. The van der Waals surface area contributed by atoms with Gasteiger partial charge in [-0.25, -0.2) is 4.79 Å². The quantitative estimate of drug-likeness (QED) is 0.355. The highest BCUT2D eigenvalue weighted by atomic mass is 35.5. The molecule has 0 aromatic heterocycles. The van der Waals surface area contributed by atoms with Crippen molar-refractivity contribution in [1.29, 1.82) is 0 Å². The Balaban J connectivity index is 1.86. The summed E-state index contributed by atoms with van der Waals surface area (Å²) in [7, 11) is 1.42. The first-order chi connectivity index (χ1) is 14.3. The van der Waals surface area contributed by atoms with Crippen molar-refractivity contribution < 1.29 is 29.0 Å². The predicted molar refractivity (Wildman–Crippen MR) is 113 cm³/mol. The molecule has 3 N–H and O–H groups in total. The SMILES string of the molecule is COc1cc(C=C2C(=O)NC(=S)NC2=O)cc(Cl)c1OCc1cccc(C(=O)O)c1. The second kappa shape index (κ2) is 8.93. The van der Waals surface area contributed by atoms with Gasteiger partial charge in [-0.1, -0.05) is 23.7 Å². The smallest absolute Gasteiger partial charge is 0.335 e. The van der Waals surface area contributed by atoms with Gasteiger partial charge < -0.3 is 14.6 Å². The number of nitrogens with one attached hydrogen (secondary N) is 2. The molecule has 1 heterocycles. The zero-order valence-corrected chi connectivity index (χ0v) is 17.1. The average molecular weight is 447 g/mol. The first kappa shape index (κ1) is 21.3. The molecule has 1 aliphatic heterocycles. The van der Waals surface area contributed by atoms with Crippen molar-refractivity contribution in [3.8, 4) is 11.5 Å². The summed E-state index contributed by atoms with van der Waals surface area (Å²) in [5.41, 5.74) is 1.07. The van der Waals surface area contributed by atoms with Gasteiger partial charge >= 0.3 is 5.97 Å². The van der Waals surface area contributed by atoms with Gasteiger partial charge in [0, 0.05) is 0 Å². The van der Waals surface area contributed by atoms with Crippen LogP contribution in [0.5, 0.6) is 11.5 Å². The molecule has 0 atom stereocenters. The molecule has 8 nitrogen and oxygen atoms in total. The third-order valence-electron chi connectivity index (χ3n) is 4.06. The maximum atomic E-state index is 12.0. The summed E-state index contributed by atoms with van der Waals surface area (Å²) in [6.07, 6.45) is 1.35. The number of benzene rings is 2. The molecule has 10 heteroatoms. The topological polar surface area (TPSA) is 114 Å². The summed E-state index contributed by atoms with van der Waals surface area (Å²) in [5.74, 6) is -1.78. The van der Waals surface area contributed by atoms with Crippen molar-refractivity contribution >= 4 is 52.8 Å². The molecule has 0 unspecified atom stereocenters. The number of ether oxygens (including phenoxy) is 2. The predicted octanol–water partition coefficient (Wildman–Crippen LogP) is 2.54. The molecule has 0 saturated carbocycles. The van der Waals surface area contributed by atoms with Crippen LogP contribution in [0, 0.1) is 0 Å². The summed E-state index contributed by atoms with van der Waals surface area (Å²) in [4.78, 5) is 35.1. The van der Waals surface area contributed by atoms with Gasteiger partial charge in [-0.2, -0.15) is 0 Å². The summed E-state index contributed by atoms with van der Waals surface area (Å²) < 4.78 is 11.1. The van der Waals surface area contributed by atoms with Crippen LogP contribution < -0.4 is 20.1 Å². The Morgan fingerprint density at radius 1 is 1.20 bits per heavy atom. The first-order valence-electron chi connectivity index (χ1n) is 8.49. The van der Waals surface area contributed by atoms with E-state index in [0.717, 1.165) is 0 Å². The largest absolute Gasteiger partial charge is 0.493 e. The highest BCUT2D eigenvalue weighted by molar-refractivity contribution is 7.80. The van der Waals surface area contributed by atoms with Crippen molar-refractivity contribution in [3.05, 3.63) is 63.7 Å². The Bertz CT molecular complexity index is 1080. The van der Waals surface area contributed by atoms with E-state index in [4.69, 9.17) is 38.4 Å². The Labute approximate surface area is 181 Å². The maximum absolute atomic E-state index is 12.0. The van der Waals surface area contributed by atoms with Gasteiger partial charge in [0.15, 0.2) is 16.6 Å². The molecule has 2 amide bonds. The number of hydrogen-bond acceptors (Lipinski definition) is 6. The number of methoxy groups -OCH3 is 1. The molecule has 154 valence electrons. The number of thiocarbonyl (C=S) groups is 1. The minimum Gasteiger partial charge on any atom is -0.493 e. The van der Waals surface area contributed by atoms with Gasteiger partial charge in [0.25, 0.3) is 11.8 Å². The van der Waals surface area contributed by atoms with Crippen LogP contribution in [0.2, 0.25) is 5.02 Å². The van der Waals surface area contributed by atoms with E-state index in [1.807, 2.05) is 0 Å². The number of rotatable bonds is 6. The van der Waals surface area contributed by atoms with Crippen molar-refractivity contribution in [1.82, 2.24) is 10.6 Å². The van der Waals surface area contributed by atoms with Crippen LogP contribution in [0.4, 0.5) is 0 Å². The Hall–Kier alpha value is -3.43. The minimum atomic E-state index is -1.04. The third kappa shape index (κ3) is 4.76. The van der Waals surface area contributed by atoms with Gasteiger partial charge in [0.2, 0.25) is 0 Å². The van der Waals surface area contributed by atoms with Gasteiger partial charge in [-0.05, 0) is 53.7 Å². The molecule has 0 aliphatic carbocycles. The van der Waals surface area contributed by atoms with Crippen molar-refractivity contribution in [2.45, 2.75) is 6.61 Å². The summed E-state index contributed by atoms with van der Waals surface area (Å²) in [6.45, 7) is 0.0554. The number of aromatic carboxylic acids is 1. The summed E-state index contributed by atoms with van der Waals surface area (Å²) in [5, 5.41) is 13.9. The first-order valence-corrected chi connectivity index (χ1v) is 9.28. The summed E-state index contributed by atoms with van der Waals surface area (Å²) in [6, 6.07) is 9.36. The number of carbonyl (C=O) groups is 3. The van der Waals surface area contributed by atoms with Crippen LogP contribution in [0.15, 0.2) is 42.0 Å². The van der Waals surface area contributed by atoms with Crippen LogP contribution in [-0.2, 0) is 16.2 Å². The van der Waals surface area contributed by atoms with E-state index in [2.05, 4.69) is 10.6 Å². The molecule has 2 aromatic rings. The lowest BCUT2D eigenvalue weighted by molar-refractivity contribution is -0.123. The van der Waals surface area contributed by atoms with Gasteiger partial charge in [0.05, 0.1) is 17.7 Å². The molecule has 1 saturated heterocycles. The van der Waals surface area contributed by atoms with E-state index in [0.29, 0.717) is 11.1 Å². The molecule has 0 radical (unpaired) electrons. The van der Waals surface area contributed by atoms with Gasteiger partial charge in [-0.15, -0.1) is 0 Å². The minimum absolute atomic E-state index is 0.0554. The number of carboxylic acids is 1. The van der Waals surface area contributed by atoms with E-state index in [9.17, 15) is 14.4 Å². The van der Waals surface area contributed by atoms with Crippen LogP contribution in [0.1, 0.15) is 21.5 Å². The molecule has 2 aromatic carbocycles. The van der Waals surface area contributed by atoms with Crippen molar-refractivity contribution in [2.24, 2.45) is 0 Å². The molecular formula is C20H15ClN2O6S. The highest BCUT2D eigenvalue weighted by Crippen LogP contribution is 2.37. The monoisotopic (exact) mass is 446 g/mol. The van der Waals surface area contributed by atoms with Crippen LogP contribution in [0.25, 0.3) is 6.08 Å². The molecule has 0 spiro atoms. The lowest BCUT2D eigenvalue weighted by Gasteiger charge is -2.17. The van der Waals surface area contributed by atoms with E-state index >= 15 is 0 Å². The number of halogens is 1. The highest BCUT2D eigenvalue weighted by Gasteiger charge is 2.26. The average Bonchev–Trinajstić information content (AvgIpc) is 2.69. The molecule has 1 aliphatic rings. The van der Waals surface area contributed by atoms with E-state index in [1.54, 1.807) is 18.2 Å². The Morgan fingerprint density at radius 3 is 2.53 bits per heavy atom. The Kier molecular flexibility index (Phi) is 6.34. The van der Waals surface area contributed by atoms with Crippen molar-refractivity contribution in [2.75, 3.05) is 7.11 Å². The van der Waals surface area contributed by atoms with Crippen LogP contribution >= 0.6 is 23.8 Å². The van der Waals surface area contributed by atoms with Gasteiger partial charge in [-0.3, -0.25) is 20.2 Å². The molecule has 30 heavy (non-hydrogen) atoms. The standard InChI is InChI=1S/C20H15ClN2O6S/c1-28-15-8-11(6-13-17(24)22-20(30)23-18(13)25)7-14(21)16(15)29-9-10-3-2-4-12(5-10)19(26)27/h2-8H,9H2,1H3,(H,26,27)(H2,22,23,24,25,30).